The summed E-state index contributed by atoms with van der Waals surface area (Å²) in [5, 5.41) is 61.6. The zero-order valence-electron chi connectivity index (χ0n) is 74.5. The van der Waals surface area contributed by atoms with Gasteiger partial charge in [0.25, 0.3) is 0 Å². The van der Waals surface area contributed by atoms with E-state index in [2.05, 4.69) is 101 Å². The number of aliphatic hydroxyl groups is 3. The Kier molecular flexibility index (Phi) is 34.3. The van der Waals surface area contributed by atoms with Gasteiger partial charge in [-0.05, 0) is 199 Å². The number of nitrogens with one attached hydrogen (secondary N) is 11. The zero-order chi connectivity index (χ0) is 89.2. The second-order valence-electron chi connectivity index (χ2n) is 38.4. The van der Waals surface area contributed by atoms with Crippen LogP contribution in [0.15, 0.2) is 108 Å². The van der Waals surface area contributed by atoms with Gasteiger partial charge < -0.3 is 82.6 Å². The lowest BCUT2D eigenvalue weighted by atomic mass is 9.47. The third-order valence-corrected chi connectivity index (χ3v) is 31.7. The van der Waals surface area contributed by atoms with E-state index < -0.39 is 139 Å². The predicted octanol–water partition coefficient (Wildman–Crippen LogP) is 5.74. The van der Waals surface area contributed by atoms with Crippen LogP contribution in [0.2, 0.25) is 0 Å². The highest BCUT2D eigenvalue weighted by molar-refractivity contribution is 8.76. The maximum atomic E-state index is 15.6. The molecule has 5 aliphatic carbocycles. The summed E-state index contributed by atoms with van der Waals surface area (Å²) in [5.41, 5.74) is 3.79. The number of fused-ring (bicyclic) bond motifs is 6. The Morgan fingerprint density at radius 2 is 1.40 bits per heavy atom. The van der Waals surface area contributed by atoms with E-state index in [1.54, 1.807) is 65.6 Å². The van der Waals surface area contributed by atoms with Gasteiger partial charge in [-0.25, -0.2) is 4.79 Å². The van der Waals surface area contributed by atoms with Crippen LogP contribution in [-0.2, 0) is 65.5 Å². The van der Waals surface area contributed by atoms with Gasteiger partial charge >= 0.3 is 6.09 Å². The number of carbonyl (C=O) groups is 11. The standard InChI is InChI=1S/C95H139N13O15S2/c1-57(2)23-19-24-58(3)69-39-40-70-68-38-36-65-35-37-66(50-95(65,7)71(68)41-42-94(69,70)6)123-93(122)96-43-18-17-32-73-84(113)105-83(60(5)111)90(119)104-79(88(117)102-77(54-109)59(4)110)56-125-124-55-78(87(116)100-75(47-61-25-11-9-12-26-61)85(114)99-74(82(112)52-98-73)49-64-51-97-72-31-16-15-30-67(64)72)103-86(115)76(48-62-27-13-10-14-28-62)101-89(118)80-33-21-45-107(80)92(121)81-34-22-46-108(81)91(120)63-29-20-44-106(8)53-63/h9-16,25-28,30-31,36,51,57-60,63,66-81,83,97-98,109-111H,17-24,29,32-35,37-50,52-56H2,1-8H3,(H,96,122)(H,99,114)(H,100,116)(H,101,118)(H,102,117)(H,103,115)(H,104,119)(H,105,113)/p+1/t58?,59?,60?,63?,66-,67?,68?,69?,70?,71?,72?,73?,74?,75?,76?,77?,78?,79?,80?,81?,83?,94?,95?/m1/s1. The fraction of sp³-hybridized carbons (Fsp3) is 0.674. The number of aliphatic hydroxyl groups excluding tert-OH is 3. The molecular weight excluding hydrogens is 1630 g/mol. The first-order valence-corrected chi connectivity index (χ1v) is 49.0. The number of ketones is 1. The Bertz CT molecular complexity index is 4210. The van der Waals surface area contributed by atoms with Gasteiger partial charge in [0.2, 0.25) is 53.2 Å². The Labute approximate surface area is 746 Å². The molecule has 0 aromatic heterocycles. The Morgan fingerprint density at radius 3 is 2.12 bits per heavy atom. The summed E-state index contributed by atoms with van der Waals surface area (Å²) < 4.78 is 6.30. The second kappa shape index (κ2) is 44.7. The number of rotatable bonds is 28. The lowest BCUT2D eigenvalue weighted by Crippen LogP contribution is -3.10. The lowest BCUT2D eigenvalue weighted by molar-refractivity contribution is -0.887. The minimum Gasteiger partial charge on any atom is -0.446 e. The molecule has 0 spiro atoms. The summed E-state index contributed by atoms with van der Waals surface area (Å²) in [7, 11) is 4.02. The molecule has 125 heavy (non-hydrogen) atoms. The van der Waals surface area contributed by atoms with Crippen LogP contribution >= 0.6 is 21.6 Å². The van der Waals surface area contributed by atoms with Crippen molar-refractivity contribution < 1.29 is 77.7 Å². The highest BCUT2D eigenvalue weighted by Gasteiger charge is 2.60. The molecule has 5 heterocycles. The van der Waals surface area contributed by atoms with Crippen LogP contribution < -0.4 is 58.1 Å². The first kappa shape index (κ1) is 96.0. The normalized spacial score (nSPS) is 32.4. The van der Waals surface area contributed by atoms with Crippen LogP contribution in [0.25, 0.3) is 0 Å². The van der Waals surface area contributed by atoms with Crippen LogP contribution in [-0.4, -0.2) is 239 Å². The molecule has 23 unspecified atom stereocenters. The average molecular weight is 1770 g/mol. The highest BCUT2D eigenvalue weighted by Crippen LogP contribution is 2.67. The van der Waals surface area contributed by atoms with Gasteiger partial charge in [0.15, 0.2) is 5.78 Å². The summed E-state index contributed by atoms with van der Waals surface area (Å²) in [6.45, 7) is 16.0. The van der Waals surface area contributed by atoms with Crippen molar-refractivity contribution in [2.45, 2.75) is 281 Å². The summed E-state index contributed by atoms with van der Waals surface area (Å²) in [6, 6.07) is 4.45. The molecular formula is C95H140N13O15S2+. The molecule has 0 radical (unpaired) electrons. The Balaban J connectivity index is 0.773. The van der Waals surface area contributed by atoms with Crippen LogP contribution in [0.4, 0.5) is 4.79 Å². The molecule has 686 valence electrons. The Morgan fingerprint density at radius 1 is 0.696 bits per heavy atom. The van der Waals surface area contributed by atoms with Crippen molar-refractivity contribution >= 4 is 86.6 Å². The molecule has 28 nitrogen and oxygen atoms in total. The number of likely N-dealkylation sites (tertiary alicyclic amines) is 3. The molecule has 7 fully saturated rings. The molecule has 30 heteroatoms. The lowest BCUT2D eigenvalue weighted by Gasteiger charge is -2.58. The molecule has 3 saturated carbocycles. The molecule has 10 aliphatic rings. The number of allylic oxidation sites excluding steroid dienone is 4. The SMILES string of the molecule is CC(C)CCCC(C)C1CCC2C3CC=C4CC[C@@H](OC(=O)NCCCCC5NCC(=O)C(CC6=CNC7C=CC=CC67)NC(=O)C(Cc6ccccc6)NC(=O)C(NC(=O)C(Cc6ccccc6)NC(=O)C6CCCN6C(=O)C6CCCN6C(=O)C6CCC[NH+](C)C6)CSSCC(C(=O)NC(CO)C(C)O)NC(=O)C(C(C)O)NC5=O)CC4(C)C3CCC12C. The highest BCUT2D eigenvalue weighted by atomic mass is 33.1. The van der Waals surface area contributed by atoms with E-state index in [0.29, 0.717) is 79.0 Å². The molecule has 2 aromatic rings. The number of alkyl carbamates (subject to hydrolysis) is 1. The van der Waals surface area contributed by atoms with E-state index in [4.69, 9.17) is 4.74 Å². The van der Waals surface area contributed by atoms with Crippen molar-refractivity contribution in [1.29, 1.82) is 0 Å². The van der Waals surface area contributed by atoms with Gasteiger partial charge in [-0.1, -0.05) is 172 Å². The number of ether oxygens (including phenoxy) is 1. The summed E-state index contributed by atoms with van der Waals surface area (Å²) in [6.07, 6.45) is 24.7. The van der Waals surface area contributed by atoms with E-state index in [-0.39, 0.29) is 104 Å². The van der Waals surface area contributed by atoms with Crippen LogP contribution in [0.5, 0.6) is 0 Å². The number of hydrogen-bond donors (Lipinski definition) is 14. The van der Waals surface area contributed by atoms with Crippen molar-refractivity contribution in [3.05, 3.63) is 120 Å². The number of quaternary nitrogens is 1. The molecule has 5 aliphatic heterocycles. The molecule has 2 aromatic carbocycles. The van der Waals surface area contributed by atoms with E-state index in [1.165, 1.54) is 74.2 Å². The number of hydrogen-bond acceptors (Lipinski definition) is 19. The summed E-state index contributed by atoms with van der Waals surface area (Å²) >= 11 is 0. The third-order valence-electron chi connectivity index (χ3n) is 29.3. The van der Waals surface area contributed by atoms with Crippen molar-refractivity contribution in [3.8, 4) is 0 Å². The maximum Gasteiger partial charge on any atom is 0.407 e. The summed E-state index contributed by atoms with van der Waals surface area (Å²) in [4.78, 5) is 169. The largest absolute Gasteiger partial charge is 0.446 e. The van der Waals surface area contributed by atoms with Crippen LogP contribution in [0.3, 0.4) is 0 Å². The molecule has 10 amide bonds. The number of piperidine rings is 1. The van der Waals surface area contributed by atoms with Crippen molar-refractivity contribution in [3.63, 3.8) is 0 Å². The first-order chi connectivity index (χ1) is 60.0. The minimum absolute atomic E-state index is 0.0260. The number of carbonyl (C=O) groups excluding carboxylic acids is 11. The van der Waals surface area contributed by atoms with Gasteiger partial charge in [-0.3, -0.25) is 53.3 Å². The zero-order valence-corrected chi connectivity index (χ0v) is 76.2. The van der Waals surface area contributed by atoms with Crippen LogP contribution in [0, 0.1) is 58.2 Å². The van der Waals surface area contributed by atoms with E-state index >= 15 is 24.0 Å². The maximum absolute atomic E-state index is 15.6. The molecule has 14 N–H and O–H groups in total. The van der Waals surface area contributed by atoms with E-state index in [0.717, 1.165) is 84.1 Å². The smallest absolute Gasteiger partial charge is 0.407 e. The van der Waals surface area contributed by atoms with E-state index in [1.807, 2.05) is 30.5 Å². The van der Waals surface area contributed by atoms with Crippen molar-refractivity contribution in [2.75, 3.05) is 64.4 Å². The number of Topliss-reactive ketones (excluding diaryl/α,β-unsaturated/α-hetero) is 1. The third kappa shape index (κ3) is 24.5. The predicted molar refractivity (Wildman–Crippen MR) is 481 cm³/mol. The van der Waals surface area contributed by atoms with E-state index in [9.17, 15) is 44.1 Å². The number of amides is 10. The van der Waals surface area contributed by atoms with Crippen molar-refractivity contribution in [2.24, 2.45) is 58.2 Å². The molecule has 24 atom stereocenters. The average Bonchev–Trinajstić information content (AvgIpc) is 1.65. The fourth-order valence-corrected chi connectivity index (χ4v) is 24.6. The van der Waals surface area contributed by atoms with Gasteiger partial charge in [0.05, 0.1) is 75.6 Å². The monoisotopic (exact) mass is 1770 g/mol. The topological polar surface area (TPSA) is 389 Å². The fourth-order valence-electron chi connectivity index (χ4n) is 22.3. The second-order valence-corrected chi connectivity index (χ2v) is 41.0. The Hall–Kier alpha value is -8.13. The number of nitrogens with zero attached hydrogens (tertiary/aromatic N) is 2. The van der Waals surface area contributed by atoms with Gasteiger partial charge in [-0.2, -0.15) is 0 Å². The number of benzene rings is 2. The summed E-state index contributed by atoms with van der Waals surface area (Å²) in [5.74, 6) is -3.78. The first-order valence-electron chi connectivity index (χ1n) is 46.5. The van der Waals surface area contributed by atoms with Crippen LogP contribution in [0.1, 0.15) is 194 Å². The minimum atomic E-state index is -1.74. The quantitative estimate of drug-likeness (QED) is 0.0274. The molecule has 0 bridgehead atoms. The number of unbranched alkanes of at least 4 members (excludes halogenated alkanes) is 1. The van der Waals surface area contributed by atoms with Gasteiger partial charge in [-0.15, -0.1) is 0 Å². The van der Waals surface area contributed by atoms with Gasteiger partial charge in [0.1, 0.15) is 48.4 Å². The van der Waals surface area contributed by atoms with Gasteiger partial charge in [0, 0.05) is 49.9 Å². The molecule has 4 saturated heterocycles. The molecule has 12 rings (SSSR count). The van der Waals surface area contributed by atoms with Crippen molar-refractivity contribution in [1.82, 2.24) is 63.0 Å².